The Balaban J connectivity index is 3.95. The second-order valence-corrected chi connectivity index (χ2v) is 6.22. The van der Waals surface area contributed by atoms with E-state index in [1.165, 1.54) is 0 Å². The fraction of sp³-hybridized carbons (Fsp3) is 1.00. The molecule has 0 spiro atoms. The van der Waals surface area contributed by atoms with Gasteiger partial charge in [0.05, 0.1) is 39.6 Å². The van der Waals surface area contributed by atoms with Gasteiger partial charge in [-0.1, -0.05) is 11.1 Å². The molecule has 0 aliphatic heterocycles. The molecule has 104 valence electrons. The van der Waals surface area contributed by atoms with Crippen LogP contribution in [0.3, 0.4) is 0 Å². The van der Waals surface area contributed by atoms with Crippen LogP contribution in [0, 0.1) is 0 Å². The van der Waals surface area contributed by atoms with Crippen molar-refractivity contribution >= 4 is 19.2 Å². The molecule has 0 bridgehead atoms. The number of methoxy groups -OCH3 is 3. The van der Waals surface area contributed by atoms with E-state index in [9.17, 15) is 0 Å². The van der Waals surface area contributed by atoms with Gasteiger partial charge in [-0.2, -0.15) is 0 Å². The second-order valence-electron chi connectivity index (χ2n) is 3.01. The predicted molar refractivity (Wildman–Crippen MR) is 65.1 cm³/mol. The van der Waals surface area contributed by atoms with Crippen LogP contribution in [-0.4, -0.2) is 69.1 Å². The highest BCUT2D eigenvalue weighted by atomic mass is 35.6. The number of halogens is 1. The Kier molecular flexibility index (Phi) is 11.5. The topological polar surface area (TPSA) is 55.4 Å². The number of rotatable bonds is 12. The molecule has 0 saturated heterocycles. The van der Waals surface area contributed by atoms with E-state index in [1.54, 1.807) is 21.3 Å². The lowest BCUT2D eigenvalue weighted by Crippen LogP contribution is -2.42. The Hall–Kier alpha value is 0.267. The summed E-state index contributed by atoms with van der Waals surface area (Å²) in [5, 5.41) is 0. The van der Waals surface area contributed by atoms with E-state index in [0.717, 1.165) is 0 Å². The Morgan fingerprint density at radius 1 is 0.647 bits per heavy atom. The van der Waals surface area contributed by atoms with Crippen molar-refractivity contribution in [2.45, 2.75) is 0 Å². The molecular weight excluding hydrogens is 268 g/mol. The summed E-state index contributed by atoms with van der Waals surface area (Å²) >= 11 is 6.15. The molecule has 0 atom stereocenters. The molecule has 6 nitrogen and oxygen atoms in total. The first kappa shape index (κ1) is 17.3. The Morgan fingerprint density at radius 2 is 0.941 bits per heavy atom. The molecular formula is C9H21ClO6Si. The highest BCUT2D eigenvalue weighted by Gasteiger charge is 2.39. The lowest BCUT2D eigenvalue weighted by atomic mass is 10.8. The van der Waals surface area contributed by atoms with Crippen molar-refractivity contribution in [1.82, 2.24) is 0 Å². The molecule has 0 aromatic rings. The van der Waals surface area contributed by atoms with Crippen LogP contribution in [0.5, 0.6) is 0 Å². The molecule has 0 rings (SSSR count). The molecule has 0 aliphatic carbocycles. The molecule has 0 N–H and O–H groups in total. The van der Waals surface area contributed by atoms with Crippen LogP contribution in [0.2, 0.25) is 0 Å². The van der Waals surface area contributed by atoms with Gasteiger partial charge in [-0.3, -0.25) is 0 Å². The van der Waals surface area contributed by atoms with Crippen LogP contribution in [0.4, 0.5) is 0 Å². The van der Waals surface area contributed by atoms with Gasteiger partial charge < -0.3 is 27.5 Å². The van der Waals surface area contributed by atoms with Gasteiger partial charge in [-0.25, -0.2) is 0 Å². The summed E-state index contributed by atoms with van der Waals surface area (Å²) in [5.41, 5.74) is 0. The first-order valence-electron chi connectivity index (χ1n) is 5.26. The summed E-state index contributed by atoms with van der Waals surface area (Å²) in [6, 6.07) is 0. The van der Waals surface area contributed by atoms with Gasteiger partial charge in [0.25, 0.3) is 0 Å². The number of ether oxygens (including phenoxy) is 3. The SMILES string of the molecule is COCCO[Si](Cl)(OCCOC)OCCOC. The van der Waals surface area contributed by atoms with E-state index in [0.29, 0.717) is 39.6 Å². The summed E-state index contributed by atoms with van der Waals surface area (Å²) < 4.78 is 30.8. The van der Waals surface area contributed by atoms with Gasteiger partial charge in [-0.05, 0) is 0 Å². The van der Waals surface area contributed by atoms with Gasteiger partial charge in [0.15, 0.2) is 0 Å². The minimum Gasteiger partial charge on any atom is -0.382 e. The van der Waals surface area contributed by atoms with E-state index < -0.39 is 8.11 Å². The zero-order valence-electron chi connectivity index (χ0n) is 10.6. The van der Waals surface area contributed by atoms with Crippen LogP contribution in [0.15, 0.2) is 0 Å². The Morgan fingerprint density at radius 3 is 1.18 bits per heavy atom. The molecule has 0 aromatic carbocycles. The fourth-order valence-electron chi connectivity index (χ4n) is 0.866. The molecule has 0 aliphatic rings. The van der Waals surface area contributed by atoms with Crippen LogP contribution in [0.25, 0.3) is 0 Å². The molecule has 17 heavy (non-hydrogen) atoms. The van der Waals surface area contributed by atoms with E-state index in [2.05, 4.69) is 0 Å². The first-order chi connectivity index (χ1) is 8.18. The number of hydrogen-bond acceptors (Lipinski definition) is 6. The van der Waals surface area contributed by atoms with Crippen molar-refractivity contribution in [2.24, 2.45) is 0 Å². The average molecular weight is 289 g/mol. The molecule has 0 unspecified atom stereocenters. The molecule has 8 heteroatoms. The fourth-order valence-corrected chi connectivity index (χ4v) is 2.79. The highest BCUT2D eigenvalue weighted by molar-refractivity contribution is 7.09. The molecule has 0 amide bonds. The van der Waals surface area contributed by atoms with E-state index in [1.807, 2.05) is 0 Å². The Labute approximate surface area is 108 Å². The quantitative estimate of drug-likeness (QED) is 0.299. The van der Waals surface area contributed by atoms with Gasteiger partial charge in [0, 0.05) is 21.3 Å². The average Bonchev–Trinajstić information content (AvgIpc) is 2.30. The van der Waals surface area contributed by atoms with Gasteiger partial charge >= 0.3 is 8.11 Å². The third-order valence-corrected chi connectivity index (χ3v) is 4.31. The molecule has 0 fully saturated rings. The van der Waals surface area contributed by atoms with Crippen LogP contribution < -0.4 is 0 Å². The molecule has 0 aromatic heterocycles. The molecule has 0 heterocycles. The van der Waals surface area contributed by atoms with Crippen molar-refractivity contribution in [3.05, 3.63) is 0 Å². The smallest absolute Gasteiger partial charge is 0.382 e. The van der Waals surface area contributed by atoms with Crippen molar-refractivity contribution in [3.63, 3.8) is 0 Å². The summed E-state index contributed by atoms with van der Waals surface area (Å²) in [7, 11) is 1.62. The zero-order chi connectivity index (χ0) is 13.0. The van der Waals surface area contributed by atoms with Crippen LogP contribution >= 0.6 is 11.1 Å². The van der Waals surface area contributed by atoms with Gasteiger partial charge in [0.1, 0.15) is 0 Å². The van der Waals surface area contributed by atoms with Crippen molar-refractivity contribution in [2.75, 3.05) is 61.0 Å². The monoisotopic (exact) mass is 288 g/mol. The zero-order valence-corrected chi connectivity index (χ0v) is 12.3. The van der Waals surface area contributed by atoms with Crippen LogP contribution in [0.1, 0.15) is 0 Å². The molecule has 0 saturated carbocycles. The highest BCUT2D eigenvalue weighted by Crippen LogP contribution is 2.14. The lowest BCUT2D eigenvalue weighted by molar-refractivity contribution is 0.0298. The standard InChI is InChI=1S/C9H21ClO6Si/c1-11-4-7-14-17(10,15-8-5-12-2)16-9-6-13-3/h4-9H2,1-3H3. The van der Waals surface area contributed by atoms with E-state index >= 15 is 0 Å². The summed E-state index contributed by atoms with van der Waals surface area (Å²) in [5.74, 6) is 0. The third-order valence-electron chi connectivity index (χ3n) is 1.69. The minimum absolute atomic E-state index is 0.326. The lowest BCUT2D eigenvalue weighted by Gasteiger charge is -2.22. The largest absolute Gasteiger partial charge is 0.613 e. The van der Waals surface area contributed by atoms with Crippen molar-refractivity contribution in [3.8, 4) is 0 Å². The van der Waals surface area contributed by atoms with Gasteiger partial charge in [-0.15, -0.1) is 0 Å². The summed E-state index contributed by atoms with van der Waals surface area (Å²) in [6.07, 6.45) is 0. The van der Waals surface area contributed by atoms with E-state index in [4.69, 9.17) is 38.6 Å². The second kappa shape index (κ2) is 11.4. The van der Waals surface area contributed by atoms with Crippen LogP contribution in [-0.2, 0) is 27.5 Å². The number of hydrogen-bond donors (Lipinski definition) is 0. The predicted octanol–water partition coefficient (Wildman–Crippen LogP) is 0.650. The van der Waals surface area contributed by atoms with Crippen molar-refractivity contribution in [1.29, 1.82) is 0 Å². The summed E-state index contributed by atoms with van der Waals surface area (Å²) in [6.45, 7) is 2.28. The maximum absolute atomic E-state index is 6.15. The third kappa shape index (κ3) is 9.92. The van der Waals surface area contributed by atoms with Crippen molar-refractivity contribution < 1.29 is 27.5 Å². The van der Waals surface area contributed by atoms with Gasteiger partial charge in [0.2, 0.25) is 0 Å². The minimum atomic E-state index is -3.13. The maximum atomic E-state index is 6.15. The normalized spacial score (nSPS) is 12.0. The maximum Gasteiger partial charge on any atom is 0.613 e. The summed E-state index contributed by atoms with van der Waals surface area (Å²) in [4.78, 5) is 0. The Bertz CT molecular complexity index is 147. The first-order valence-corrected chi connectivity index (χ1v) is 7.99. The van der Waals surface area contributed by atoms with E-state index in [-0.39, 0.29) is 0 Å². The molecule has 0 radical (unpaired) electrons.